The molecule has 6 heteroatoms. The Labute approximate surface area is 121 Å². The maximum Gasteiger partial charge on any atom is 0.416 e. The van der Waals surface area contributed by atoms with E-state index in [4.69, 9.17) is 16.3 Å². The molecule has 0 amide bonds. The summed E-state index contributed by atoms with van der Waals surface area (Å²) in [6.45, 7) is 2.71. The van der Waals surface area contributed by atoms with Crippen molar-refractivity contribution in [1.29, 1.82) is 0 Å². The maximum absolute atomic E-state index is 12.6. The fraction of sp³-hybridized carbons (Fsp3) is 0.571. The number of benzene rings is 1. The topological polar surface area (TPSA) is 21.3 Å². The van der Waals surface area contributed by atoms with Crippen LogP contribution in [0.25, 0.3) is 0 Å². The van der Waals surface area contributed by atoms with E-state index >= 15 is 0 Å². The Kier molecular flexibility index (Phi) is 4.81. The molecule has 0 bridgehead atoms. The second-order valence-electron chi connectivity index (χ2n) is 4.96. The molecule has 0 radical (unpaired) electrons. The predicted molar refractivity (Wildman–Crippen MR) is 73.1 cm³/mol. The summed E-state index contributed by atoms with van der Waals surface area (Å²) in [5.74, 6) is 0. The number of rotatable bonds is 3. The molecule has 1 fully saturated rings. The standard InChI is InChI=1S/C14H17ClF3NO/c1-2-11-8-10(5-6-20-11)19-13-4-3-9(7-12(13)15)14(16,17)18/h3-4,7,10-11,19H,2,5-6,8H2,1H3. The molecule has 2 nitrogen and oxygen atoms in total. The van der Waals surface area contributed by atoms with Crippen LogP contribution in [-0.2, 0) is 10.9 Å². The molecule has 2 unspecified atom stereocenters. The Morgan fingerprint density at radius 2 is 2.15 bits per heavy atom. The van der Waals surface area contributed by atoms with Crippen LogP contribution in [0.5, 0.6) is 0 Å². The number of ether oxygens (including phenoxy) is 1. The van der Waals surface area contributed by atoms with Crippen LogP contribution in [0.4, 0.5) is 18.9 Å². The summed E-state index contributed by atoms with van der Waals surface area (Å²) in [5.41, 5.74) is -0.187. The lowest BCUT2D eigenvalue weighted by Gasteiger charge is -2.30. The highest BCUT2D eigenvalue weighted by molar-refractivity contribution is 6.33. The second kappa shape index (κ2) is 6.22. The van der Waals surface area contributed by atoms with Crippen LogP contribution in [0.1, 0.15) is 31.7 Å². The third kappa shape index (κ3) is 3.79. The van der Waals surface area contributed by atoms with Crippen molar-refractivity contribution in [2.75, 3.05) is 11.9 Å². The van der Waals surface area contributed by atoms with Gasteiger partial charge in [-0.2, -0.15) is 13.2 Å². The molecule has 2 atom stereocenters. The predicted octanol–water partition coefficient (Wildman–Crippen LogP) is 4.73. The van der Waals surface area contributed by atoms with Crippen molar-refractivity contribution in [2.45, 2.75) is 44.5 Å². The first-order valence-corrected chi connectivity index (χ1v) is 7.03. The molecule has 1 aliphatic rings. The zero-order valence-corrected chi connectivity index (χ0v) is 11.9. The minimum absolute atomic E-state index is 0.0966. The van der Waals surface area contributed by atoms with E-state index < -0.39 is 11.7 Å². The lowest BCUT2D eigenvalue weighted by atomic mass is 10.0. The minimum Gasteiger partial charge on any atom is -0.381 e. The van der Waals surface area contributed by atoms with Crippen LogP contribution in [0.2, 0.25) is 5.02 Å². The van der Waals surface area contributed by atoms with Crippen molar-refractivity contribution >= 4 is 17.3 Å². The van der Waals surface area contributed by atoms with Crippen LogP contribution in [0.3, 0.4) is 0 Å². The SMILES string of the molecule is CCC1CC(Nc2ccc(C(F)(F)F)cc2Cl)CCO1. The van der Waals surface area contributed by atoms with Gasteiger partial charge in [-0.25, -0.2) is 0 Å². The summed E-state index contributed by atoms with van der Waals surface area (Å²) < 4.78 is 43.2. The van der Waals surface area contributed by atoms with Gasteiger partial charge in [0, 0.05) is 12.6 Å². The number of halogens is 4. The minimum atomic E-state index is -4.37. The van der Waals surface area contributed by atoms with Gasteiger partial charge in [-0.1, -0.05) is 18.5 Å². The second-order valence-corrected chi connectivity index (χ2v) is 5.37. The lowest BCUT2D eigenvalue weighted by Crippen LogP contribution is -2.33. The molecule has 1 aromatic rings. The molecule has 1 aliphatic heterocycles. The van der Waals surface area contributed by atoms with Gasteiger partial charge in [0.2, 0.25) is 0 Å². The normalized spacial score (nSPS) is 23.6. The first kappa shape index (κ1) is 15.4. The molecule has 1 saturated heterocycles. The summed E-state index contributed by atoms with van der Waals surface area (Å²) in [6, 6.07) is 3.58. The van der Waals surface area contributed by atoms with E-state index in [0.717, 1.165) is 31.4 Å². The number of alkyl halides is 3. The highest BCUT2D eigenvalue weighted by Gasteiger charge is 2.31. The molecule has 2 rings (SSSR count). The summed E-state index contributed by atoms with van der Waals surface area (Å²) in [7, 11) is 0. The molecular weight excluding hydrogens is 291 g/mol. The van der Waals surface area contributed by atoms with Gasteiger partial charge in [0.15, 0.2) is 0 Å². The Morgan fingerprint density at radius 3 is 2.75 bits per heavy atom. The molecule has 1 aromatic carbocycles. The molecule has 112 valence electrons. The van der Waals surface area contributed by atoms with E-state index in [1.807, 2.05) is 0 Å². The van der Waals surface area contributed by atoms with E-state index in [1.54, 1.807) is 0 Å². The summed E-state index contributed by atoms with van der Waals surface area (Å²) >= 11 is 5.93. The first-order valence-electron chi connectivity index (χ1n) is 6.65. The Balaban J connectivity index is 2.06. The fourth-order valence-corrected chi connectivity index (χ4v) is 2.56. The van der Waals surface area contributed by atoms with Gasteiger partial charge in [-0.3, -0.25) is 0 Å². The van der Waals surface area contributed by atoms with Gasteiger partial charge in [-0.05, 0) is 37.5 Å². The van der Waals surface area contributed by atoms with Gasteiger partial charge in [0.1, 0.15) is 0 Å². The van der Waals surface area contributed by atoms with Crippen LogP contribution in [0, 0.1) is 0 Å². The van der Waals surface area contributed by atoms with E-state index in [-0.39, 0.29) is 17.2 Å². The number of anilines is 1. The Bertz CT molecular complexity index is 464. The average Bonchev–Trinajstić information content (AvgIpc) is 2.40. The molecule has 1 heterocycles. The van der Waals surface area contributed by atoms with Crippen molar-refractivity contribution in [3.8, 4) is 0 Å². The summed E-state index contributed by atoms with van der Waals surface area (Å²) in [6.07, 6.45) is -1.57. The van der Waals surface area contributed by atoms with E-state index in [0.29, 0.717) is 12.3 Å². The van der Waals surface area contributed by atoms with Crippen molar-refractivity contribution in [2.24, 2.45) is 0 Å². The van der Waals surface area contributed by atoms with E-state index in [1.165, 1.54) is 6.07 Å². The van der Waals surface area contributed by atoms with Crippen molar-refractivity contribution in [3.05, 3.63) is 28.8 Å². The highest BCUT2D eigenvalue weighted by atomic mass is 35.5. The highest BCUT2D eigenvalue weighted by Crippen LogP contribution is 2.34. The molecule has 0 spiro atoms. The number of nitrogens with one attached hydrogen (secondary N) is 1. The molecular formula is C14H17ClF3NO. The molecule has 20 heavy (non-hydrogen) atoms. The van der Waals surface area contributed by atoms with Gasteiger partial charge in [0.05, 0.1) is 22.4 Å². The lowest BCUT2D eigenvalue weighted by molar-refractivity contribution is -0.137. The van der Waals surface area contributed by atoms with Crippen LogP contribution >= 0.6 is 11.6 Å². The van der Waals surface area contributed by atoms with Crippen LogP contribution in [0.15, 0.2) is 18.2 Å². The molecule has 0 saturated carbocycles. The first-order chi connectivity index (χ1) is 9.40. The van der Waals surface area contributed by atoms with Crippen LogP contribution < -0.4 is 5.32 Å². The van der Waals surface area contributed by atoms with Gasteiger partial charge >= 0.3 is 6.18 Å². The Morgan fingerprint density at radius 1 is 1.40 bits per heavy atom. The zero-order chi connectivity index (χ0) is 14.8. The average molecular weight is 308 g/mol. The van der Waals surface area contributed by atoms with Crippen molar-refractivity contribution in [1.82, 2.24) is 0 Å². The maximum atomic E-state index is 12.6. The smallest absolute Gasteiger partial charge is 0.381 e. The number of hydrogen-bond acceptors (Lipinski definition) is 2. The molecule has 0 aromatic heterocycles. The number of hydrogen-bond donors (Lipinski definition) is 1. The van der Waals surface area contributed by atoms with Gasteiger partial charge in [-0.15, -0.1) is 0 Å². The Hall–Kier alpha value is -0.940. The summed E-state index contributed by atoms with van der Waals surface area (Å²) in [4.78, 5) is 0. The third-order valence-corrected chi connectivity index (χ3v) is 3.79. The van der Waals surface area contributed by atoms with E-state index in [9.17, 15) is 13.2 Å². The van der Waals surface area contributed by atoms with Gasteiger partial charge in [0.25, 0.3) is 0 Å². The van der Waals surface area contributed by atoms with Crippen molar-refractivity contribution < 1.29 is 17.9 Å². The largest absolute Gasteiger partial charge is 0.416 e. The fourth-order valence-electron chi connectivity index (χ4n) is 2.32. The molecule has 0 aliphatic carbocycles. The summed E-state index contributed by atoms with van der Waals surface area (Å²) in [5, 5.41) is 3.31. The van der Waals surface area contributed by atoms with Gasteiger partial charge < -0.3 is 10.1 Å². The van der Waals surface area contributed by atoms with Crippen LogP contribution in [-0.4, -0.2) is 18.8 Å². The monoisotopic (exact) mass is 307 g/mol. The molecule has 1 N–H and O–H groups in total. The van der Waals surface area contributed by atoms with Crippen molar-refractivity contribution in [3.63, 3.8) is 0 Å². The zero-order valence-electron chi connectivity index (χ0n) is 11.1. The third-order valence-electron chi connectivity index (χ3n) is 3.48. The quantitative estimate of drug-likeness (QED) is 0.871. The van der Waals surface area contributed by atoms with E-state index in [2.05, 4.69) is 12.2 Å².